The summed E-state index contributed by atoms with van der Waals surface area (Å²) in [5.41, 5.74) is 3.37. The molecule has 110 valence electrons. The number of phenols is 1. The van der Waals surface area contributed by atoms with Gasteiger partial charge in [-0.25, -0.2) is 0 Å². The van der Waals surface area contributed by atoms with E-state index in [0.29, 0.717) is 11.7 Å². The van der Waals surface area contributed by atoms with Crippen LogP contribution >= 0.6 is 12.4 Å². The van der Waals surface area contributed by atoms with Crippen molar-refractivity contribution < 1.29 is 5.11 Å². The van der Waals surface area contributed by atoms with E-state index in [4.69, 9.17) is 0 Å². The molecular formula is C15H22ClN3O. The number of aromatic hydroxyl groups is 1. The van der Waals surface area contributed by atoms with Gasteiger partial charge in [-0.15, -0.1) is 12.4 Å². The Hall–Kier alpha value is -1.52. The highest BCUT2D eigenvalue weighted by Gasteiger charge is 2.07. The quantitative estimate of drug-likeness (QED) is 0.891. The third-order valence-corrected chi connectivity index (χ3v) is 3.13. The minimum absolute atomic E-state index is 0. The van der Waals surface area contributed by atoms with E-state index in [2.05, 4.69) is 30.3 Å². The maximum Gasteiger partial charge on any atom is 0.115 e. The van der Waals surface area contributed by atoms with Crippen LogP contribution in [-0.2, 0) is 20.1 Å². The predicted molar refractivity (Wildman–Crippen MR) is 83.2 cm³/mol. The average Bonchev–Trinajstić information content (AvgIpc) is 2.71. The Kier molecular flexibility index (Phi) is 6.05. The SMILES string of the molecule is CC(C)c1cc(CNCc2cccc(O)c2)n(C)n1.Cl. The minimum Gasteiger partial charge on any atom is -0.508 e. The molecule has 0 aliphatic rings. The second-order valence-electron chi connectivity index (χ2n) is 5.11. The number of phenolic OH excluding ortho intramolecular Hbond substituents is 1. The molecular weight excluding hydrogens is 274 g/mol. The van der Waals surface area contributed by atoms with Crippen molar-refractivity contribution in [1.29, 1.82) is 0 Å². The van der Waals surface area contributed by atoms with Gasteiger partial charge in [0.15, 0.2) is 0 Å². The highest BCUT2D eigenvalue weighted by molar-refractivity contribution is 5.85. The van der Waals surface area contributed by atoms with E-state index in [1.165, 1.54) is 5.69 Å². The monoisotopic (exact) mass is 295 g/mol. The summed E-state index contributed by atoms with van der Waals surface area (Å²) in [6.45, 7) is 5.79. The molecule has 5 heteroatoms. The summed E-state index contributed by atoms with van der Waals surface area (Å²) in [6.07, 6.45) is 0. The van der Waals surface area contributed by atoms with Crippen molar-refractivity contribution in [1.82, 2.24) is 15.1 Å². The maximum absolute atomic E-state index is 9.40. The van der Waals surface area contributed by atoms with E-state index >= 15 is 0 Å². The number of hydrogen-bond donors (Lipinski definition) is 2. The first kappa shape index (κ1) is 16.5. The van der Waals surface area contributed by atoms with Crippen molar-refractivity contribution in [2.45, 2.75) is 32.9 Å². The Morgan fingerprint density at radius 2 is 2.00 bits per heavy atom. The number of halogens is 1. The molecule has 1 aromatic carbocycles. The van der Waals surface area contributed by atoms with Gasteiger partial charge in [0.1, 0.15) is 5.75 Å². The fourth-order valence-electron chi connectivity index (χ4n) is 1.98. The molecule has 20 heavy (non-hydrogen) atoms. The molecule has 0 amide bonds. The lowest BCUT2D eigenvalue weighted by Crippen LogP contribution is -2.15. The van der Waals surface area contributed by atoms with E-state index in [-0.39, 0.29) is 12.4 Å². The zero-order chi connectivity index (χ0) is 13.8. The van der Waals surface area contributed by atoms with Crippen molar-refractivity contribution in [3.8, 4) is 5.75 Å². The molecule has 1 aromatic heterocycles. The van der Waals surface area contributed by atoms with Gasteiger partial charge >= 0.3 is 0 Å². The van der Waals surface area contributed by atoms with Gasteiger partial charge in [-0.3, -0.25) is 4.68 Å². The van der Waals surface area contributed by atoms with Gasteiger partial charge in [-0.2, -0.15) is 5.10 Å². The van der Waals surface area contributed by atoms with Crippen LogP contribution in [0.3, 0.4) is 0 Å². The number of nitrogens with zero attached hydrogens (tertiary/aromatic N) is 2. The zero-order valence-electron chi connectivity index (χ0n) is 12.1. The van der Waals surface area contributed by atoms with Crippen LogP contribution < -0.4 is 5.32 Å². The Balaban J connectivity index is 0.00000200. The summed E-state index contributed by atoms with van der Waals surface area (Å²) >= 11 is 0. The Bertz CT molecular complexity index is 552. The van der Waals surface area contributed by atoms with Crippen molar-refractivity contribution in [3.05, 3.63) is 47.3 Å². The number of aryl methyl sites for hydroxylation is 1. The lowest BCUT2D eigenvalue weighted by atomic mass is 10.1. The third-order valence-electron chi connectivity index (χ3n) is 3.13. The topological polar surface area (TPSA) is 50.1 Å². The van der Waals surface area contributed by atoms with Crippen LogP contribution in [0.1, 0.15) is 36.7 Å². The molecule has 0 atom stereocenters. The highest BCUT2D eigenvalue weighted by Crippen LogP contribution is 2.14. The van der Waals surface area contributed by atoms with Gasteiger partial charge < -0.3 is 10.4 Å². The molecule has 4 nitrogen and oxygen atoms in total. The Morgan fingerprint density at radius 1 is 1.25 bits per heavy atom. The standard InChI is InChI=1S/C15H21N3O.ClH/c1-11(2)15-8-13(18(3)17-15)10-16-9-12-5-4-6-14(19)7-12;/h4-8,11,16,19H,9-10H2,1-3H3;1H. The van der Waals surface area contributed by atoms with Crippen LogP contribution in [0.2, 0.25) is 0 Å². The van der Waals surface area contributed by atoms with Crippen LogP contribution in [0, 0.1) is 0 Å². The van der Waals surface area contributed by atoms with E-state index in [1.807, 2.05) is 23.9 Å². The first-order chi connectivity index (χ1) is 9.06. The van der Waals surface area contributed by atoms with E-state index < -0.39 is 0 Å². The molecule has 0 aliphatic heterocycles. The Morgan fingerprint density at radius 3 is 2.60 bits per heavy atom. The van der Waals surface area contributed by atoms with Crippen LogP contribution in [0.15, 0.2) is 30.3 Å². The van der Waals surface area contributed by atoms with Crippen molar-refractivity contribution in [2.75, 3.05) is 0 Å². The Labute approximate surface area is 126 Å². The van der Waals surface area contributed by atoms with E-state index in [0.717, 1.165) is 24.3 Å². The first-order valence-corrected chi connectivity index (χ1v) is 6.57. The van der Waals surface area contributed by atoms with E-state index in [9.17, 15) is 5.11 Å². The molecule has 2 rings (SSSR count). The molecule has 0 unspecified atom stereocenters. The normalized spacial score (nSPS) is 10.6. The summed E-state index contributed by atoms with van der Waals surface area (Å²) in [6, 6.07) is 9.44. The number of hydrogen-bond acceptors (Lipinski definition) is 3. The number of nitrogens with one attached hydrogen (secondary N) is 1. The fourth-order valence-corrected chi connectivity index (χ4v) is 1.98. The maximum atomic E-state index is 9.40. The molecule has 0 spiro atoms. The molecule has 0 radical (unpaired) electrons. The summed E-state index contributed by atoms with van der Waals surface area (Å²) in [7, 11) is 1.97. The molecule has 1 heterocycles. The lowest BCUT2D eigenvalue weighted by Gasteiger charge is -2.05. The molecule has 0 fully saturated rings. The smallest absolute Gasteiger partial charge is 0.115 e. The van der Waals surface area contributed by atoms with Crippen molar-refractivity contribution in [3.63, 3.8) is 0 Å². The van der Waals surface area contributed by atoms with Gasteiger partial charge in [0.25, 0.3) is 0 Å². The van der Waals surface area contributed by atoms with Crippen LogP contribution in [0.5, 0.6) is 5.75 Å². The number of benzene rings is 1. The molecule has 0 saturated heterocycles. The number of aromatic nitrogens is 2. The van der Waals surface area contributed by atoms with Crippen molar-refractivity contribution in [2.24, 2.45) is 7.05 Å². The lowest BCUT2D eigenvalue weighted by molar-refractivity contribution is 0.474. The summed E-state index contributed by atoms with van der Waals surface area (Å²) in [5.74, 6) is 0.757. The molecule has 0 bridgehead atoms. The highest BCUT2D eigenvalue weighted by atomic mass is 35.5. The predicted octanol–water partition coefficient (Wildman–Crippen LogP) is 2.96. The largest absolute Gasteiger partial charge is 0.508 e. The van der Waals surface area contributed by atoms with Gasteiger partial charge in [-0.1, -0.05) is 26.0 Å². The van der Waals surface area contributed by atoms with Gasteiger partial charge in [0, 0.05) is 20.1 Å². The molecule has 0 saturated carbocycles. The average molecular weight is 296 g/mol. The first-order valence-electron chi connectivity index (χ1n) is 6.57. The molecule has 0 aliphatic carbocycles. The van der Waals surface area contributed by atoms with E-state index in [1.54, 1.807) is 12.1 Å². The third kappa shape index (κ3) is 4.25. The second-order valence-corrected chi connectivity index (χ2v) is 5.11. The molecule has 2 N–H and O–H groups in total. The number of rotatable bonds is 5. The molecule has 2 aromatic rings. The second kappa shape index (κ2) is 7.31. The fraction of sp³-hybridized carbons (Fsp3) is 0.400. The summed E-state index contributed by atoms with van der Waals surface area (Å²) in [5, 5.41) is 17.2. The van der Waals surface area contributed by atoms with Gasteiger partial charge in [0.2, 0.25) is 0 Å². The zero-order valence-corrected chi connectivity index (χ0v) is 12.9. The minimum atomic E-state index is 0. The van der Waals surface area contributed by atoms with Gasteiger partial charge in [0.05, 0.1) is 11.4 Å². The van der Waals surface area contributed by atoms with Gasteiger partial charge in [-0.05, 0) is 29.7 Å². The van der Waals surface area contributed by atoms with Crippen molar-refractivity contribution >= 4 is 12.4 Å². The van der Waals surface area contributed by atoms with Crippen LogP contribution in [0.4, 0.5) is 0 Å². The summed E-state index contributed by atoms with van der Waals surface area (Å²) in [4.78, 5) is 0. The summed E-state index contributed by atoms with van der Waals surface area (Å²) < 4.78 is 1.92. The van der Waals surface area contributed by atoms with Crippen LogP contribution in [0.25, 0.3) is 0 Å². The van der Waals surface area contributed by atoms with Crippen LogP contribution in [-0.4, -0.2) is 14.9 Å².